The van der Waals surface area contributed by atoms with Crippen molar-refractivity contribution in [2.75, 3.05) is 5.32 Å². The molecule has 3 rings (SSSR count). The average Bonchev–Trinajstić information content (AvgIpc) is 3.05. The van der Waals surface area contributed by atoms with E-state index in [1.54, 1.807) is 17.8 Å². The molecule has 2 aromatic rings. The van der Waals surface area contributed by atoms with E-state index in [0.29, 0.717) is 5.82 Å². The van der Waals surface area contributed by atoms with Gasteiger partial charge in [0.2, 0.25) is 5.91 Å². The predicted molar refractivity (Wildman–Crippen MR) is 96.0 cm³/mol. The zero-order chi connectivity index (χ0) is 17.5. The number of thioether (sulfide) groups is 1. The van der Waals surface area contributed by atoms with Crippen LogP contribution in [-0.2, 0) is 28.3 Å². The Morgan fingerprint density at radius 3 is 2.83 bits per heavy atom. The van der Waals surface area contributed by atoms with E-state index < -0.39 is 5.82 Å². The van der Waals surface area contributed by atoms with Crippen molar-refractivity contribution in [2.45, 2.75) is 44.2 Å². The van der Waals surface area contributed by atoms with Crippen molar-refractivity contribution < 1.29 is 9.18 Å². The number of fused-ring (bicyclic) bond motifs is 1. The third-order valence-electron chi connectivity index (χ3n) is 3.84. The van der Waals surface area contributed by atoms with Crippen molar-refractivity contribution in [3.05, 3.63) is 45.9 Å². The van der Waals surface area contributed by atoms with E-state index in [9.17, 15) is 9.18 Å². The lowest BCUT2D eigenvalue weighted by atomic mass is 10.1. The maximum absolute atomic E-state index is 13.9. The normalized spacial score (nSPS) is 13.9. The summed E-state index contributed by atoms with van der Waals surface area (Å²) in [6.07, 6.45) is -0.108. The number of halogens is 2. The Bertz CT molecular complexity index is 778. The number of anilines is 1. The van der Waals surface area contributed by atoms with Crippen LogP contribution in [0.1, 0.15) is 37.6 Å². The smallest absolute Gasteiger partial charge is 0.230 e. The fourth-order valence-electron chi connectivity index (χ4n) is 2.66. The van der Waals surface area contributed by atoms with E-state index in [2.05, 4.69) is 10.4 Å². The molecule has 1 amide bonds. The van der Waals surface area contributed by atoms with Crippen molar-refractivity contribution in [1.82, 2.24) is 9.78 Å². The van der Waals surface area contributed by atoms with Crippen molar-refractivity contribution in [1.29, 1.82) is 0 Å². The molecule has 1 aliphatic heterocycles. The van der Waals surface area contributed by atoms with Crippen LogP contribution in [0.5, 0.6) is 0 Å². The number of carbonyl (C=O) groups excluding carboxylic acids is 1. The largest absolute Gasteiger partial charge is 0.310 e. The van der Waals surface area contributed by atoms with Gasteiger partial charge in [-0.15, -0.1) is 0 Å². The number of amides is 1. The average molecular weight is 368 g/mol. The van der Waals surface area contributed by atoms with Crippen LogP contribution in [0.3, 0.4) is 0 Å². The fraction of sp³-hybridized carbons (Fsp3) is 0.412. The van der Waals surface area contributed by atoms with Gasteiger partial charge in [0.1, 0.15) is 11.6 Å². The van der Waals surface area contributed by atoms with Gasteiger partial charge in [0.15, 0.2) is 0 Å². The molecule has 0 spiro atoms. The van der Waals surface area contributed by atoms with Crippen LogP contribution in [-0.4, -0.2) is 15.7 Å². The first-order chi connectivity index (χ1) is 11.3. The van der Waals surface area contributed by atoms with Crippen LogP contribution >= 0.6 is 23.4 Å². The molecule has 0 aliphatic carbocycles. The molecule has 24 heavy (non-hydrogen) atoms. The van der Waals surface area contributed by atoms with E-state index in [1.807, 2.05) is 25.5 Å². The Hall–Kier alpha value is -1.53. The Kier molecular flexibility index (Phi) is 4.62. The number of benzene rings is 1. The molecule has 0 fully saturated rings. The molecule has 7 heteroatoms. The van der Waals surface area contributed by atoms with Gasteiger partial charge in [-0.25, -0.2) is 9.07 Å². The van der Waals surface area contributed by atoms with Gasteiger partial charge in [0.25, 0.3) is 0 Å². The van der Waals surface area contributed by atoms with Gasteiger partial charge < -0.3 is 5.32 Å². The van der Waals surface area contributed by atoms with Crippen LogP contribution < -0.4 is 5.32 Å². The fourth-order valence-corrected chi connectivity index (χ4v) is 3.93. The van der Waals surface area contributed by atoms with Crippen LogP contribution in [0.2, 0.25) is 5.02 Å². The third-order valence-corrected chi connectivity index (χ3v) is 5.17. The summed E-state index contributed by atoms with van der Waals surface area (Å²) >= 11 is 7.78. The van der Waals surface area contributed by atoms with Crippen LogP contribution in [0, 0.1) is 5.82 Å². The molecule has 0 saturated heterocycles. The minimum atomic E-state index is -0.470. The first-order valence-electron chi connectivity index (χ1n) is 7.69. The van der Waals surface area contributed by atoms with Gasteiger partial charge in [0.05, 0.1) is 17.7 Å². The third kappa shape index (κ3) is 3.30. The van der Waals surface area contributed by atoms with Crippen molar-refractivity contribution in [2.24, 2.45) is 0 Å². The number of hydrogen-bond donors (Lipinski definition) is 1. The summed E-state index contributed by atoms with van der Waals surface area (Å²) < 4.78 is 15.7. The monoisotopic (exact) mass is 367 g/mol. The molecule has 0 bridgehead atoms. The van der Waals surface area contributed by atoms with Gasteiger partial charge in [-0.05, 0) is 32.9 Å². The number of hydrogen-bond acceptors (Lipinski definition) is 3. The number of nitrogens with zero attached hydrogens (tertiary/aromatic N) is 2. The number of nitrogens with one attached hydrogen (secondary N) is 1. The highest BCUT2D eigenvalue weighted by Gasteiger charge is 2.29. The summed E-state index contributed by atoms with van der Waals surface area (Å²) in [6.45, 7) is 6.10. The molecule has 0 radical (unpaired) electrons. The maximum Gasteiger partial charge on any atom is 0.230 e. The molecule has 0 saturated carbocycles. The van der Waals surface area contributed by atoms with Crippen LogP contribution in [0.15, 0.2) is 18.2 Å². The first kappa shape index (κ1) is 17.3. The number of rotatable bonds is 3. The lowest BCUT2D eigenvalue weighted by Gasteiger charge is -2.23. The predicted octanol–water partition coefficient (Wildman–Crippen LogP) is 4.36. The maximum atomic E-state index is 13.9. The highest BCUT2D eigenvalue weighted by molar-refractivity contribution is 7.98. The Morgan fingerprint density at radius 1 is 1.42 bits per heavy atom. The molecule has 0 unspecified atom stereocenters. The standard InChI is InChI=1S/C17H19ClFN3OS/c1-17(2,3)22-16(11-8-24-9-14(11)21-22)20-15(23)7-10-12(18)5-4-6-13(10)19/h4-6H,7-9H2,1-3H3,(H,20,23). The van der Waals surface area contributed by atoms with Gasteiger partial charge >= 0.3 is 0 Å². The highest BCUT2D eigenvalue weighted by Crippen LogP contribution is 2.37. The Balaban J connectivity index is 1.87. The second kappa shape index (κ2) is 6.41. The molecule has 1 N–H and O–H groups in total. The van der Waals surface area contributed by atoms with Gasteiger partial charge in [-0.3, -0.25) is 4.79 Å². The molecule has 128 valence electrons. The minimum Gasteiger partial charge on any atom is -0.310 e. The SMILES string of the molecule is CC(C)(C)n1nc2c(c1NC(=O)Cc1c(F)cccc1Cl)CSC2. The van der Waals surface area contributed by atoms with E-state index in [-0.39, 0.29) is 28.5 Å². The molecule has 1 aromatic carbocycles. The molecular weight excluding hydrogens is 349 g/mol. The van der Waals surface area contributed by atoms with E-state index >= 15 is 0 Å². The molecule has 2 heterocycles. The van der Waals surface area contributed by atoms with Crippen molar-refractivity contribution in [3.63, 3.8) is 0 Å². The lowest BCUT2D eigenvalue weighted by Crippen LogP contribution is -2.28. The lowest BCUT2D eigenvalue weighted by molar-refractivity contribution is -0.115. The minimum absolute atomic E-state index is 0.108. The van der Waals surface area contributed by atoms with E-state index in [4.69, 9.17) is 11.6 Å². The Labute approximate surface area is 149 Å². The van der Waals surface area contributed by atoms with Gasteiger partial charge in [0, 0.05) is 27.7 Å². The summed E-state index contributed by atoms with van der Waals surface area (Å²) in [5.74, 6) is 1.61. The van der Waals surface area contributed by atoms with E-state index in [0.717, 1.165) is 22.8 Å². The summed E-state index contributed by atoms with van der Waals surface area (Å²) in [5, 5.41) is 7.82. The molecular formula is C17H19ClFN3OS. The first-order valence-corrected chi connectivity index (χ1v) is 9.22. The zero-order valence-corrected chi connectivity index (χ0v) is 15.4. The molecule has 1 aromatic heterocycles. The highest BCUT2D eigenvalue weighted by atomic mass is 35.5. The van der Waals surface area contributed by atoms with Crippen molar-refractivity contribution in [3.8, 4) is 0 Å². The molecule has 4 nitrogen and oxygen atoms in total. The summed E-state index contributed by atoms with van der Waals surface area (Å²) in [7, 11) is 0. The zero-order valence-electron chi connectivity index (χ0n) is 13.8. The van der Waals surface area contributed by atoms with Crippen LogP contribution in [0.25, 0.3) is 0 Å². The quantitative estimate of drug-likeness (QED) is 0.876. The second-order valence-corrected chi connectivity index (χ2v) is 8.17. The van der Waals surface area contributed by atoms with Crippen LogP contribution in [0.4, 0.5) is 10.2 Å². The summed E-state index contributed by atoms with van der Waals surface area (Å²) in [5.41, 5.74) is 2.02. The number of aromatic nitrogens is 2. The summed E-state index contributed by atoms with van der Waals surface area (Å²) in [4.78, 5) is 12.5. The van der Waals surface area contributed by atoms with Gasteiger partial charge in [-0.2, -0.15) is 16.9 Å². The number of carbonyl (C=O) groups is 1. The Morgan fingerprint density at radius 2 is 2.17 bits per heavy atom. The van der Waals surface area contributed by atoms with Gasteiger partial charge in [-0.1, -0.05) is 17.7 Å². The topological polar surface area (TPSA) is 46.9 Å². The van der Waals surface area contributed by atoms with E-state index in [1.165, 1.54) is 12.1 Å². The summed E-state index contributed by atoms with van der Waals surface area (Å²) in [6, 6.07) is 4.42. The molecule has 0 atom stereocenters. The molecule has 1 aliphatic rings. The second-order valence-electron chi connectivity index (χ2n) is 6.77. The van der Waals surface area contributed by atoms with Crippen molar-refractivity contribution >= 4 is 35.1 Å².